The first-order valence-corrected chi connectivity index (χ1v) is 12.5. The molecule has 4 rings (SSSR count). The van der Waals surface area contributed by atoms with E-state index in [2.05, 4.69) is 21.8 Å². The smallest absolute Gasteiger partial charge is 0.225 e. The fourth-order valence-electron chi connectivity index (χ4n) is 4.83. The molecule has 0 unspecified atom stereocenters. The summed E-state index contributed by atoms with van der Waals surface area (Å²) in [5.41, 5.74) is 3.00. The highest BCUT2D eigenvalue weighted by molar-refractivity contribution is 5.97. The number of hydrogen-bond acceptors (Lipinski definition) is 6. The summed E-state index contributed by atoms with van der Waals surface area (Å²) >= 11 is 0. The van der Waals surface area contributed by atoms with E-state index in [0.29, 0.717) is 25.6 Å². The second-order valence-electron chi connectivity index (χ2n) is 9.50. The minimum Gasteiger partial charge on any atom is -0.494 e. The van der Waals surface area contributed by atoms with Crippen LogP contribution >= 0.6 is 0 Å². The van der Waals surface area contributed by atoms with Gasteiger partial charge in [0.15, 0.2) is 5.78 Å². The van der Waals surface area contributed by atoms with Gasteiger partial charge in [0, 0.05) is 50.7 Å². The molecular weight excluding hydrogens is 414 g/mol. The van der Waals surface area contributed by atoms with Gasteiger partial charge in [0.1, 0.15) is 5.75 Å². The first kappa shape index (κ1) is 23.7. The number of rotatable bonds is 10. The van der Waals surface area contributed by atoms with Gasteiger partial charge in [0.2, 0.25) is 5.95 Å². The first-order chi connectivity index (χ1) is 16.1. The highest BCUT2D eigenvalue weighted by Gasteiger charge is 2.22. The first-order valence-electron chi connectivity index (χ1n) is 12.5. The zero-order valence-electron chi connectivity index (χ0n) is 20.1. The molecule has 0 aliphatic carbocycles. The van der Waals surface area contributed by atoms with Crippen molar-refractivity contribution in [2.45, 2.75) is 58.8 Å². The maximum atomic E-state index is 12.6. The molecule has 2 aromatic rings. The van der Waals surface area contributed by atoms with Gasteiger partial charge in [-0.05, 0) is 86.6 Å². The maximum Gasteiger partial charge on any atom is 0.225 e. The number of nitrogens with zero attached hydrogens (tertiary/aromatic N) is 3. The van der Waals surface area contributed by atoms with Crippen molar-refractivity contribution in [3.63, 3.8) is 0 Å². The fourth-order valence-corrected chi connectivity index (χ4v) is 4.83. The third kappa shape index (κ3) is 6.53. The molecule has 2 fully saturated rings. The third-order valence-electron chi connectivity index (χ3n) is 7.02. The molecule has 0 radical (unpaired) electrons. The molecule has 0 spiro atoms. The summed E-state index contributed by atoms with van der Waals surface area (Å²) < 4.78 is 11.4. The van der Waals surface area contributed by atoms with E-state index < -0.39 is 0 Å². The molecule has 33 heavy (non-hydrogen) atoms. The van der Waals surface area contributed by atoms with Crippen molar-refractivity contribution in [1.29, 1.82) is 0 Å². The second kappa shape index (κ2) is 11.6. The number of benzene rings is 1. The SMILES string of the molecule is CCc1cnc(N2CCC(CCCOc3ccc(C(=O)C[C@@H]4CCOC4)c(C)c3)CC2)nc1. The Labute approximate surface area is 197 Å². The van der Waals surface area contributed by atoms with Crippen LogP contribution in [0, 0.1) is 18.8 Å². The third-order valence-corrected chi connectivity index (χ3v) is 7.02. The van der Waals surface area contributed by atoms with Crippen LogP contribution in [0.2, 0.25) is 0 Å². The molecule has 6 heteroatoms. The Hall–Kier alpha value is -2.47. The molecule has 1 aromatic carbocycles. The molecule has 1 aromatic heterocycles. The Morgan fingerprint density at radius 2 is 1.94 bits per heavy atom. The van der Waals surface area contributed by atoms with Crippen LogP contribution in [-0.4, -0.2) is 48.7 Å². The van der Waals surface area contributed by atoms with Crippen molar-refractivity contribution < 1.29 is 14.3 Å². The number of ketones is 1. The summed E-state index contributed by atoms with van der Waals surface area (Å²) in [6.07, 6.45) is 11.0. The van der Waals surface area contributed by atoms with Crippen molar-refractivity contribution in [2.24, 2.45) is 11.8 Å². The summed E-state index contributed by atoms with van der Waals surface area (Å²) in [6.45, 7) is 8.39. The van der Waals surface area contributed by atoms with Crippen LogP contribution in [0.25, 0.3) is 0 Å². The lowest BCUT2D eigenvalue weighted by Gasteiger charge is -2.32. The predicted octanol–water partition coefficient (Wildman–Crippen LogP) is 5.03. The Balaban J connectivity index is 1.16. The van der Waals surface area contributed by atoms with Crippen molar-refractivity contribution in [3.05, 3.63) is 47.3 Å². The lowest BCUT2D eigenvalue weighted by atomic mass is 9.92. The van der Waals surface area contributed by atoms with E-state index in [9.17, 15) is 4.79 Å². The topological polar surface area (TPSA) is 64.6 Å². The van der Waals surface area contributed by atoms with Crippen molar-refractivity contribution in [1.82, 2.24) is 9.97 Å². The molecule has 0 N–H and O–H groups in total. The number of piperidine rings is 1. The lowest BCUT2D eigenvalue weighted by molar-refractivity contribution is 0.0952. The zero-order chi connectivity index (χ0) is 23.0. The Bertz CT molecular complexity index is 901. The zero-order valence-corrected chi connectivity index (χ0v) is 20.1. The van der Waals surface area contributed by atoms with Crippen LogP contribution in [0.4, 0.5) is 5.95 Å². The quantitative estimate of drug-likeness (QED) is 0.373. The van der Waals surface area contributed by atoms with E-state index in [1.165, 1.54) is 24.8 Å². The van der Waals surface area contributed by atoms with Crippen LogP contribution in [0.1, 0.15) is 66.9 Å². The number of hydrogen-bond donors (Lipinski definition) is 0. The summed E-state index contributed by atoms with van der Waals surface area (Å²) in [5, 5.41) is 0. The number of ether oxygens (including phenoxy) is 2. The van der Waals surface area contributed by atoms with Crippen LogP contribution < -0.4 is 9.64 Å². The van der Waals surface area contributed by atoms with Crippen LogP contribution in [-0.2, 0) is 11.2 Å². The van der Waals surface area contributed by atoms with Gasteiger partial charge in [0.05, 0.1) is 6.61 Å². The number of carbonyl (C=O) groups excluding carboxylic acids is 1. The van der Waals surface area contributed by atoms with Gasteiger partial charge < -0.3 is 14.4 Å². The molecule has 0 bridgehead atoms. The number of Topliss-reactive ketones (excluding diaryl/α,β-unsaturated/α-hetero) is 1. The van der Waals surface area contributed by atoms with E-state index in [1.807, 2.05) is 37.5 Å². The highest BCUT2D eigenvalue weighted by atomic mass is 16.5. The Kier molecular flexibility index (Phi) is 8.32. The Morgan fingerprint density at radius 3 is 2.61 bits per heavy atom. The van der Waals surface area contributed by atoms with Gasteiger partial charge in [-0.15, -0.1) is 0 Å². The lowest BCUT2D eigenvalue weighted by Crippen LogP contribution is -2.35. The van der Waals surface area contributed by atoms with Crippen molar-refractivity contribution in [2.75, 3.05) is 37.8 Å². The largest absolute Gasteiger partial charge is 0.494 e. The van der Waals surface area contributed by atoms with Gasteiger partial charge in [-0.1, -0.05) is 6.92 Å². The second-order valence-corrected chi connectivity index (χ2v) is 9.50. The van der Waals surface area contributed by atoms with Gasteiger partial charge in [-0.25, -0.2) is 9.97 Å². The number of anilines is 1. The molecule has 1 atom stereocenters. The molecule has 0 amide bonds. The summed E-state index contributed by atoms with van der Waals surface area (Å²) in [5.74, 6) is 3.04. The molecule has 0 saturated carbocycles. The van der Waals surface area contributed by atoms with Crippen LogP contribution in [0.15, 0.2) is 30.6 Å². The van der Waals surface area contributed by atoms with Gasteiger partial charge in [-0.2, -0.15) is 0 Å². The predicted molar refractivity (Wildman–Crippen MR) is 130 cm³/mol. The fraction of sp³-hybridized carbons (Fsp3) is 0.593. The van der Waals surface area contributed by atoms with E-state index in [1.54, 1.807) is 0 Å². The molecule has 178 valence electrons. The summed E-state index contributed by atoms with van der Waals surface area (Å²) in [4.78, 5) is 24.0. The monoisotopic (exact) mass is 451 g/mol. The molecule has 3 heterocycles. The number of aromatic nitrogens is 2. The van der Waals surface area contributed by atoms with Crippen LogP contribution in [0.3, 0.4) is 0 Å². The molecule has 2 aliphatic heterocycles. The number of carbonyl (C=O) groups is 1. The summed E-state index contributed by atoms with van der Waals surface area (Å²) in [7, 11) is 0. The van der Waals surface area contributed by atoms with Crippen molar-refractivity contribution >= 4 is 11.7 Å². The normalized spacial score (nSPS) is 19.1. The van der Waals surface area contributed by atoms with Gasteiger partial charge in [-0.3, -0.25) is 4.79 Å². The molecular formula is C27H37N3O3. The standard InChI is InChI=1S/C27H37N3O3/c1-3-21-17-28-27(29-18-21)30-11-8-22(9-12-30)5-4-13-33-24-6-7-25(20(2)15-24)26(31)16-23-10-14-32-19-23/h6-7,15,17-18,22-23H,3-5,8-14,16,19H2,1-2H3/t23-/m0/s1. The molecule has 2 saturated heterocycles. The summed E-state index contributed by atoms with van der Waals surface area (Å²) in [6, 6.07) is 5.86. The van der Waals surface area contributed by atoms with Gasteiger partial charge in [0.25, 0.3) is 0 Å². The average molecular weight is 452 g/mol. The average Bonchev–Trinajstić information content (AvgIpc) is 3.35. The minimum atomic E-state index is 0.215. The maximum absolute atomic E-state index is 12.6. The van der Waals surface area contributed by atoms with E-state index >= 15 is 0 Å². The van der Waals surface area contributed by atoms with E-state index in [4.69, 9.17) is 9.47 Å². The molecule has 2 aliphatic rings. The minimum absolute atomic E-state index is 0.215. The Morgan fingerprint density at radius 1 is 1.15 bits per heavy atom. The van der Waals surface area contributed by atoms with Crippen LogP contribution in [0.5, 0.6) is 5.75 Å². The van der Waals surface area contributed by atoms with Crippen molar-refractivity contribution in [3.8, 4) is 5.75 Å². The molecule has 6 nitrogen and oxygen atoms in total. The van der Waals surface area contributed by atoms with E-state index in [0.717, 1.165) is 67.7 Å². The van der Waals surface area contributed by atoms with Gasteiger partial charge >= 0.3 is 0 Å². The highest BCUT2D eigenvalue weighted by Crippen LogP contribution is 2.26. The van der Waals surface area contributed by atoms with E-state index in [-0.39, 0.29) is 5.78 Å². The number of aryl methyl sites for hydroxylation is 2.